The van der Waals surface area contributed by atoms with E-state index < -0.39 is 5.60 Å². The summed E-state index contributed by atoms with van der Waals surface area (Å²) in [5.74, 6) is 0. The van der Waals surface area contributed by atoms with Crippen LogP contribution in [0, 0.1) is 0 Å². The normalized spacial score (nSPS) is 19.2. The van der Waals surface area contributed by atoms with Crippen LogP contribution in [-0.2, 0) is 4.74 Å². The summed E-state index contributed by atoms with van der Waals surface area (Å²) in [7, 11) is 0. The fourth-order valence-corrected chi connectivity index (χ4v) is 1.89. The molecule has 18 heavy (non-hydrogen) atoms. The van der Waals surface area contributed by atoms with E-state index in [0.717, 1.165) is 13.1 Å². The van der Waals surface area contributed by atoms with Crippen molar-refractivity contribution in [2.24, 2.45) is 0 Å². The molecule has 0 radical (unpaired) electrons. The number of amides is 1. The number of hydrogen-bond donors (Lipinski definition) is 1. The number of nitrogens with zero attached hydrogens (tertiary/aromatic N) is 2. The number of rotatable bonds is 3. The van der Waals surface area contributed by atoms with Crippen LogP contribution in [0.4, 0.5) is 4.79 Å². The first-order valence-corrected chi connectivity index (χ1v) is 6.42. The van der Waals surface area contributed by atoms with Gasteiger partial charge in [0.2, 0.25) is 0 Å². The Kier molecular flexibility index (Phi) is 5.02. The number of carbonyl (C=O) groups is 1. The van der Waals surface area contributed by atoms with Crippen LogP contribution >= 0.6 is 0 Å². The van der Waals surface area contributed by atoms with Crippen LogP contribution < -0.4 is 5.32 Å². The minimum atomic E-state index is -0.425. The smallest absolute Gasteiger partial charge is 0.410 e. The Labute approximate surface area is 110 Å². The molecule has 1 amide bonds. The molecule has 0 bridgehead atoms. The van der Waals surface area contributed by atoms with Crippen molar-refractivity contribution < 1.29 is 9.53 Å². The lowest BCUT2D eigenvalue weighted by molar-refractivity contribution is 0.0101. The number of piperazine rings is 1. The van der Waals surface area contributed by atoms with Gasteiger partial charge in [-0.15, -0.1) is 0 Å². The highest BCUT2D eigenvalue weighted by molar-refractivity contribution is 5.68. The zero-order valence-corrected chi connectivity index (χ0v) is 11.9. The Morgan fingerprint density at radius 3 is 2.33 bits per heavy atom. The van der Waals surface area contributed by atoms with Gasteiger partial charge >= 0.3 is 6.09 Å². The average Bonchev–Trinajstić information content (AvgIpc) is 2.27. The maximum atomic E-state index is 11.9. The summed E-state index contributed by atoms with van der Waals surface area (Å²) in [6.07, 6.45) is 1.74. The van der Waals surface area contributed by atoms with E-state index in [1.165, 1.54) is 0 Å². The van der Waals surface area contributed by atoms with Crippen LogP contribution in [0.25, 0.3) is 0 Å². The second-order valence-electron chi connectivity index (χ2n) is 5.55. The zero-order valence-electron chi connectivity index (χ0n) is 11.9. The van der Waals surface area contributed by atoms with Gasteiger partial charge in [-0.05, 0) is 33.9 Å². The lowest BCUT2D eigenvalue weighted by Gasteiger charge is -2.38. The largest absolute Gasteiger partial charge is 0.444 e. The van der Waals surface area contributed by atoms with E-state index in [2.05, 4.69) is 23.7 Å². The molecule has 1 fully saturated rings. The molecule has 1 saturated heterocycles. The van der Waals surface area contributed by atoms with E-state index in [1.54, 1.807) is 11.1 Å². The molecule has 1 unspecified atom stereocenters. The molecule has 5 nitrogen and oxygen atoms in total. The highest BCUT2D eigenvalue weighted by Crippen LogP contribution is 2.12. The van der Waals surface area contributed by atoms with E-state index in [9.17, 15) is 4.79 Å². The van der Waals surface area contributed by atoms with Crippen molar-refractivity contribution >= 4 is 6.09 Å². The van der Waals surface area contributed by atoms with Gasteiger partial charge in [-0.2, -0.15) is 0 Å². The Balaban J connectivity index is 2.39. The average molecular weight is 255 g/mol. The second kappa shape index (κ2) is 6.09. The van der Waals surface area contributed by atoms with Crippen molar-refractivity contribution in [3.63, 3.8) is 0 Å². The van der Waals surface area contributed by atoms with Gasteiger partial charge in [0.1, 0.15) is 5.60 Å². The van der Waals surface area contributed by atoms with E-state index in [-0.39, 0.29) is 12.3 Å². The van der Waals surface area contributed by atoms with E-state index in [0.29, 0.717) is 13.1 Å². The molecule has 1 atom stereocenters. The van der Waals surface area contributed by atoms with Gasteiger partial charge in [0.05, 0.1) is 6.17 Å². The quantitative estimate of drug-likeness (QED) is 0.832. The van der Waals surface area contributed by atoms with Crippen molar-refractivity contribution in [3.05, 3.63) is 12.8 Å². The molecule has 5 heteroatoms. The topological polar surface area (TPSA) is 44.8 Å². The van der Waals surface area contributed by atoms with Crippen molar-refractivity contribution in [1.82, 2.24) is 15.1 Å². The summed E-state index contributed by atoms with van der Waals surface area (Å²) in [4.78, 5) is 15.9. The summed E-state index contributed by atoms with van der Waals surface area (Å²) in [6.45, 7) is 14.5. The monoisotopic (exact) mass is 255 g/mol. The third kappa shape index (κ3) is 4.56. The fourth-order valence-electron chi connectivity index (χ4n) is 1.89. The van der Waals surface area contributed by atoms with Gasteiger partial charge in [-0.25, -0.2) is 4.79 Å². The third-order valence-corrected chi connectivity index (χ3v) is 2.87. The second-order valence-corrected chi connectivity index (χ2v) is 5.55. The number of nitrogens with one attached hydrogen (secondary N) is 1. The highest BCUT2D eigenvalue weighted by Gasteiger charge is 2.27. The summed E-state index contributed by atoms with van der Waals surface area (Å²) < 4.78 is 5.36. The molecule has 0 spiro atoms. The number of hydrogen-bond acceptors (Lipinski definition) is 4. The van der Waals surface area contributed by atoms with Gasteiger partial charge in [-0.3, -0.25) is 4.90 Å². The molecule has 1 aliphatic rings. The van der Waals surface area contributed by atoms with Crippen molar-refractivity contribution in [1.29, 1.82) is 0 Å². The Morgan fingerprint density at radius 2 is 1.89 bits per heavy atom. The first kappa shape index (κ1) is 14.8. The molecule has 0 aliphatic carbocycles. The molecule has 1 rings (SSSR count). The SMILES string of the molecule is C=CNC(C)N1CCN(C(=O)OC(C)(C)C)CC1. The molecule has 0 aromatic rings. The Bertz CT molecular complexity index is 291. The van der Waals surface area contributed by atoms with E-state index in [4.69, 9.17) is 4.74 Å². The minimum absolute atomic E-state index is 0.216. The molecule has 1 aliphatic heterocycles. The maximum Gasteiger partial charge on any atom is 0.410 e. The predicted molar refractivity (Wildman–Crippen MR) is 72.2 cm³/mol. The van der Waals surface area contributed by atoms with E-state index >= 15 is 0 Å². The first-order valence-electron chi connectivity index (χ1n) is 6.42. The molecule has 0 saturated carbocycles. The Hall–Kier alpha value is -1.23. The number of ether oxygens (including phenoxy) is 1. The molecular formula is C13H25N3O2. The van der Waals surface area contributed by atoms with Gasteiger partial charge in [-0.1, -0.05) is 6.58 Å². The summed E-state index contributed by atoms with van der Waals surface area (Å²) in [6, 6.07) is 0. The van der Waals surface area contributed by atoms with Crippen LogP contribution in [0.1, 0.15) is 27.7 Å². The van der Waals surface area contributed by atoms with Crippen LogP contribution in [0.2, 0.25) is 0 Å². The first-order chi connectivity index (χ1) is 8.33. The summed E-state index contributed by atoms with van der Waals surface area (Å²) in [5, 5.41) is 3.15. The minimum Gasteiger partial charge on any atom is -0.444 e. The van der Waals surface area contributed by atoms with E-state index in [1.807, 2.05) is 20.8 Å². The summed E-state index contributed by atoms with van der Waals surface area (Å²) in [5.41, 5.74) is -0.425. The van der Waals surface area contributed by atoms with Gasteiger partial charge in [0, 0.05) is 26.2 Å². The van der Waals surface area contributed by atoms with Crippen LogP contribution in [0.3, 0.4) is 0 Å². The van der Waals surface area contributed by atoms with Crippen LogP contribution in [0.5, 0.6) is 0 Å². The lowest BCUT2D eigenvalue weighted by atomic mass is 10.2. The highest BCUT2D eigenvalue weighted by atomic mass is 16.6. The summed E-state index contributed by atoms with van der Waals surface area (Å²) >= 11 is 0. The zero-order chi connectivity index (χ0) is 13.8. The Morgan fingerprint density at radius 1 is 1.33 bits per heavy atom. The van der Waals surface area contributed by atoms with Gasteiger partial charge in [0.25, 0.3) is 0 Å². The van der Waals surface area contributed by atoms with Crippen LogP contribution in [0.15, 0.2) is 12.8 Å². The van der Waals surface area contributed by atoms with Crippen LogP contribution in [-0.4, -0.2) is 53.8 Å². The van der Waals surface area contributed by atoms with Gasteiger partial charge < -0.3 is 15.0 Å². The standard InChI is InChI=1S/C13H25N3O2/c1-6-14-11(2)15-7-9-16(10-8-15)12(17)18-13(3,4)5/h6,11,14H,1,7-10H2,2-5H3. The molecule has 0 aromatic heterocycles. The van der Waals surface area contributed by atoms with Crippen molar-refractivity contribution in [2.75, 3.05) is 26.2 Å². The number of carbonyl (C=O) groups excluding carboxylic acids is 1. The fraction of sp³-hybridized carbons (Fsp3) is 0.769. The maximum absolute atomic E-state index is 11.9. The molecular weight excluding hydrogens is 230 g/mol. The molecule has 104 valence electrons. The predicted octanol–water partition coefficient (Wildman–Crippen LogP) is 1.62. The molecule has 1 N–H and O–H groups in total. The molecule has 1 heterocycles. The lowest BCUT2D eigenvalue weighted by Crippen LogP contribution is -2.54. The van der Waals surface area contributed by atoms with Crippen molar-refractivity contribution in [3.8, 4) is 0 Å². The van der Waals surface area contributed by atoms with Gasteiger partial charge in [0.15, 0.2) is 0 Å². The molecule has 0 aromatic carbocycles. The third-order valence-electron chi connectivity index (χ3n) is 2.87. The van der Waals surface area contributed by atoms with Crippen molar-refractivity contribution in [2.45, 2.75) is 39.5 Å².